The van der Waals surface area contributed by atoms with E-state index in [1.807, 2.05) is 0 Å². The van der Waals surface area contributed by atoms with Gasteiger partial charge in [0.25, 0.3) is 0 Å². The van der Waals surface area contributed by atoms with Gasteiger partial charge in [-0.2, -0.15) is 4.80 Å². The third-order valence-corrected chi connectivity index (χ3v) is 6.95. The van der Waals surface area contributed by atoms with E-state index in [4.69, 9.17) is 30.9 Å². The van der Waals surface area contributed by atoms with E-state index in [9.17, 15) is 19.5 Å². The molecule has 2 heterocycles. The molecule has 0 unspecified atom stereocenters. The Morgan fingerprint density at radius 3 is 2.67 bits per heavy atom. The molecule has 0 saturated carbocycles. The number of ketones is 2. The van der Waals surface area contributed by atoms with Crippen LogP contribution in [0.2, 0.25) is 5.02 Å². The van der Waals surface area contributed by atoms with E-state index in [2.05, 4.69) is 20.7 Å². The van der Waals surface area contributed by atoms with Crippen molar-refractivity contribution >= 4 is 34.8 Å². The summed E-state index contributed by atoms with van der Waals surface area (Å²) in [7, 11) is 2.80. The highest BCUT2D eigenvalue weighted by molar-refractivity contribution is 6.36. The fourth-order valence-electron chi connectivity index (χ4n) is 4.71. The van der Waals surface area contributed by atoms with Gasteiger partial charge in [0.05, 0.1) is 19.9 Å². The number of hydrogen-bond donors (Lipinski definition) is 3. The molecule has 3 N–H and O–H groups in total. The van der Waals surface area contributed by atoms with Gasteiger partial charge in [-0.1, -0.05) is 18.5 Å². The van der Waals surface area contributed by atoms with Crippen LogP contribution in [0.4, 0.5) is 5.69 Å². The van der Waals surface area contributed by atoms with Crippen molar-refractivity contribution in [1.29, 1.82) is 0 Å². The summed E-state index contributed by atoms with van der Waals surface area (Å²) in [5, 5.41) is 34.0. The Hall–Kier alpha value is -4.65. The molecule has 0 fully saturated rings. The molecule has 13 nitrogen and oxygen atoms in total. The number of rotatable bonds is 7. The monoisotopic (exact) mass is 555 g/mol. The van der Waals surface area contributed by atoms with Crippen molar-refractivity contribution in [2.24, 2.45) is 5.92 Å². The lowest BCUT2D eigenvalue weighted by molar-refractivity contribution is -0.138. The highest BCUT2D eigenvalue weighted by atomic mass is 35.5. The van der Waals surface area contributed by atoms with Gasteiger partial charge in [-0.05, 0) is 29.8 Å². The van der Waals surface area contributed by atoms with Gasteiger partial charge >= 0.3 is 5.97 Å². The van der Waals surface area contributed by atoms with Crippen molar-refractivity contribution in [3.05, 3.63) is 46.6 Å². The van der Waals surface area contributed by atoms with E-state index in [0.29, 0.717) is 11.3 Å². The van der Waals surface area contributed by atoms with Crippen molar-refractivity contribution in [2.45, 2.75) is 25.5 Å². The van der Waals surface area contributed by atoms with Crippen LogP contribution in [-0.2, 0) is 16.1 Å². The minimum atomic E-state index is -1.84. The number of carboxylic acid groups (broad SMARTS) is 1. The molecule has 14 heteroatoms. The van der Waals surface area contributed by atoms with Crippen molar-refractivity contribution in [2.75, 3.05) is 19.5 Å². The fourth-order valence-corrected chi connectivity index (χ4v) is 4.98. The number of aromatic hydroxyl groups is 1. The van der Waals surface area contributed by atoms with Gasteiger partial charge in [0.15, 0.2) is 12.3 Å². The number of halogens is 1. The number of hydrogen-bond acceptors (Lipinski definition) is 11. The fraction of sp³-hybridized carbons (Fsp3) is 0.280. The molecule has 1 spiro atoms. The van der Waals surface area contributed by atoms with Crippen LogP contribution < -0.4 is 19.5 Å². The van der Waals surface area contributed by atoms with Gasteiger partial charge in [0.2, 0.25) is 23.0 Å². The smallest absolute Gasteiger partial charge is 0.327 e. The van der Waals surface area contributed by atoms with E-state index in [1.165, 1.54) is 44.6 Å². The number of fused-ring (bicyclic) bond motifs is 1. The number of aliphatic carboxylic acids is 1. The van der Waals surface area contributed by atoms with Crippen LogP contribution in [0.1, 0.15) is 23.7 Å². The topological polar surface area (TPSA) is 175 Å². The molecule has 39 heavy (non-hydrogen) atoms. The molecular formula is C25H22ClN5O8. The van der Waals surface area contributed by atoms with Gasteiger partial charge in [0.1, 0.15) is 27.8 Å². The van der Waals surface area contributed by atoms with Crippen LogP contribution in [0, 0.1) is 5.92 Å². The van der Waals surface area contributed by atoms with Crippen LogP contribution >= 0.6 is 11.6 Å². The van der Waals surface area contributed by atoms with Gasteiger partial charge in [0, 0.05) is 29.3 Å². The van der Waals surface area contributed by atoms with Crippen molar-refractivity contribution in [3.63, 3.8) is 0 Å². The van der Waals surface area contributed by atoms with Gasteiger partial charge in [-0.25, -0.2) is 0 Å². The first-order valence-corrected chi connectivity index (χ1v) is 12.0. The minimum absolute atomic E-state index is 0.0247. The number of nitrogens with zero attached hydrogens (tertiary/aromatic N) is 4. The third kappa shape index (κ3) is 4.20. The first kappa shape index (κ1) is 26.0. The second kappa shape index (κ2) is 9.58. The molecule has 3 aromatic rings. The van der Waals surface area contributed by atoms with Crippen LogP contribution in [-0.4, -0.2) is 67.8 Å². The predicted molar refractivity (Wildman–Crippen MR) is 135 cm³/mol. The number of allylic oxidation sites excluding steroid dienone is 1. The van der Waals surface area contributed by atoms with Crippen molar-refractivity contribution in [3.8, 4) is 34.4 Å². The number of aromatic nitrogens is 4. The van der Waals surface area contributed by atoms with Crippen LogP contribution in [0.15, 0.2) is 36.0 Å². The number of phenols is 1. The number of ether oxygens (including phenoxy) is 3. The summed E-state index contributed by atoms with van der Waals surface area (Å²) < 4.78 is 16.7. The van der Waals surface area contributed by atoms with Crippen LogP contribution in [0.5, 0.6) is 23.0 Å². The first-order valence-electron chi connectivity index (χ1n) is 11.6. The number of anilines is 1. The molecule has 0 radical (unpaired) electrons. The Kier molecular flexibility index (Phi) is 6.38. The summed E-state index contributed by atoms with van der Waals surface area (Å²) >= 11 is 6.42. The molecule has 2 aromatic carbocycles. The molecule has 1 aliphatic heterocycles. The van der Waals surface area contributed by atoms with E-state index in [-0.39, 0.29) is 51.5 Å². The van der Waals surface area contributed by atoms with Crippen LogP contribution in [0.3, 0.4) is 0 Å². The Bertz CT molecular complexity index is 1570. The summed E-state index contributed by atoms with van der Waals surface area (Å²) in [5.41, 5.74) is -0.661. The summed E-state index contributed by atoms with van der Waals surface area (Å²) in [6.45, 7) is 1.24. The zero-order valence-corrected chi connectivity index (χ0v) is 21.6. The molecule has 1 aromatic heterocycles. The molecule has 0 saturated heterocycles. The second-order valence-corrected chi connectivity index (χ2v) is 9.38. The largest absolute Gasteiger partial charge is 0.506 e. The number of benzene rings is 2. The number of carbonyl (C=O) groups is 3. The summed E-state index contributed by atoms with van der Waals surface area (Å²) in [6, 6.07) is 5.93. The number of carboxylic acids is 1. The maximum atomic E-state index is 13.6. The Labute approximate surface area is 225 Å². The Balaban J connectivity index is 1.44. The molecule has 202 valence electrons. The van der Waals surface area contributed by atoms with Crippen molar-refractivity contribution < 1.29 is 38.8 Å². The molecular weight excluding hydrogens is 534 g/mol. The lowest BCUT2D eigenvalue weighted by atomic mass is 9.74. The van der Waals surface area contributed by atoms with E-state index in [1.54, 1.807) is 6.92 Å². The highest BCUT2D eigenvalue weighted by Gasteiger charge is 2.60. The number of nitrogens with one attached hydrogen (secondary N) is 1. The summed E-state index contributed by atoms with van der Waals surface area (Å²) in [5.74, 6) is -2.46. The third-order valence-electron chi connectivity index (χ3n) is 6.59. The number of tetrazole rings is 1. The number of carbonyl (C=O) groups excluding carboxylic acids is 2. The van der Waals surface area contributed by atoms with Gasteiger partial charge in [-0.3, -0.25) is 14.4 Å². The quantitative estimate of drug-likeness (QED) is 0.287. The molecule has 5 rings (SSSR count). The molecule has 0 bridgehead atoms. The molecule has 1 aliphatic carbocycles. The minimum Gasteiger partial charge on any atom is -0.506 e. The second-order valence-electron chi connectivity index (χ2n) is 9.00. The number of phenolic OH excluding ortho intramolecular Hbond substituents is 1. The number of methoxy groups -OCH3 is 2. The SMILES string of the molecule is COc1cc(OC)c2c(c1Cl)O[C@@]1(C(=O)C=C(Nc3cc(-c4nnn(CC(=O)O)n4)ccc3O)C[C@H]1C)C2=O. The normalized spacial score (nSPS) is 19.9. The highest BCUT2D eigenvalue weighted by Crippen LogP contribution is 2.53. The first-order chi connectivity index (χ1) is 18.6. The Morgan fingerprint density at radius 2 is 2.00 bits per heavy atom. The predicted octanol–water partition coefficient (Wildman–Crippen LogP) is 2.72. The summed E-state index contributed by atoms with van der Waals surface area (Å²) in [4.78, 5) is 39.0. The van der Waals surface area contributed by atoms with E-state index >= 15 is 0 Å². The van der Waals surface area contributed by atoms with Crippen molar-refractivity contribution in [1.82, 2.24) is 20.2 Å². The average molecular weight is 556 g/mol. The maximum absolute atomic E-state index is 13.6. The molecule has 2 atom stereocenters. The van der Waals surface area contributed by atoms with Crippen LogP contribution in [0.25, 0.3) is 11.4 Å². The Morgan fingerprint density at radius 1 is 1.26 bits per heavy atom. The molecule has 0 amide bonds. The maximum Gasteiger partial charge on any atom is 0.327 e. The van der Waals surface area contributed by atoms with E-state index in [0.717, 1.165) is 4.80 Å². The van der Waals surface area contributed by atoms with E-state index < -0.39 is 35.6 Å². The lowest BCUT2D eigenvalue weighted by Crippen LogP contribution is -2.55. The number of Topliss-reactive ketones (excluding diaryl/α,β-unsaturated/α-hetero) is 1. The van der Waals surface area contributed by atoms with Gasteiger partial charge < -0.3 is 29.7 Å². The zero-order valence-electron chi connectivity index (χ0n) is 20.9. The lowest BCUT2D eigenvalue weighted by Gasteiger charge is -2.35. The summed E-state index contributed by atoms with van der Waals surface area (Å²) in [6.07, 6.45) is 1.47. The standard InChI is InChI=1S/C25H22ClN5O8/c1-11-6-13(27-14-7-12(4-5-15(14)32)24-28-30-31(29-24)10-19(34)35)8-18(33)25(11)23(36)20-16(37-2)9-17(38-3)21(26)22(20)39-25/h4-5,7-9,11,27,32H,6,10H2,1-3H3,(H,34,35)/t11-,25+/m1/s1. The molecule has 2 aliphatic rings. The van der Waals surface area contributed by atoms with Gasteiger partial charge in [-0.15, -0.1) is 10.2 Å². The average Bonchev–Trinajstić information content (AvgIpc) is 3.48. The zero-order chi connectivity index (χ0) is 28.1.